The molecule has 24 heavy (non-hydrogen) atoms. The summed E-state index contributed by atoms with van der Waals surface area (Å²) in [5.41, 5.74) is 2.46. The highest BCUT2D eigenvalue weighted by atomic mass is 35.5. The number of nitrogens with one attached hydrogen (secondary N) is 1. The summed E-state index contributed by atoms with van der Waals surface area (Å²) in [6.45, 7) is 5.53. The van der Waals surface area contributed by atoms with Crippen molar-refractivity contribution in [2.24, 2.45) is 0 Å². The van der Waals surface area contributed by atoms with Crippen molar-refractivity contribution in [2.75, 3.05) is 6.61 Å². The molecule has 0 aliphatic rings. The molecule has 0 unspecified atom stereocenters. The van der Waals surface area contributed by atoms with Gasteiger partial charge >= 0.3 is 0 Å². The van der Waals surface area contributed by atoms with Gasteiger partial charge in [-0.1, -0.05) is 60.1 Å². The molecule has 0 saturated heterocycles. The van der Waals surface area contributed by atoms with Crippen LogP contribution in [0.5, 0.6) is 5.75 Å². The molecule has 3 aromatic carbocycles. The second-order valence-corrected chi connectivity index (χ2v) is 6.28. The molecule has 0 fully saturated rings. The maximum absolute atomic E-state index is 6.27. The largest absolute Gasteiger partial charge is 0.492 e. The second kappa shape index (κ2) is 7.69. The molecular formula is C21H22ClNO. The standard InChI is InChI=1S/C21H22ClNO/c1-3-24-21-12-11-16(13-20(21)22)14-23-15(2)18-10-6-8-17-7-4-5-9-19(17)18/h4-13,15,23H,3,14H2,1-2H3/t15-/m1/s1. The van der Waals surface area contributed by atoms with Crippen LogP contribution in [0.2, 0.25) is 5.02 Å². The molecule has 3 heteroatoms. The summed E-state index contributed by atoms with van der Waals surface area (Å²) in [5, 5.41) is 6.81. The zero-order valence-corrected chi connectivity index (χ0v) is 14.8. The van der Waals surface area contributed by atoms with Gasteiger partial charge in [-0.15, -0.1) is 0 Å². The molecule has 0 spiro atoms. The van der Waals surface area contributed by atoms with E-state index in [-0.39, 0.29) is 6.04 Å². The molecule has 0 heterocycles. The van der Waals surface area contributed by atoms with E-state index < -0.39 is 0 Å². The van der Waals surface area contributed by atoms with E-state index in [1.54, 1.807) is 0 Å². The average molecular weight is 340 g/mol. The first kappa shape index (κ1) is 16.8. The summed E-state index contributed by atoms with van der Waals surface area (Å²) < 4.78 is 5.48. The smallest absolute Gasteiger partial charge is 0.137 e. The Hall–Kier alpha value is -2.03. The van der Waals surface area contributed by atoms with Gasteiger partial charge in [-0.05, 0) is 47.9 Å². The zero-order chi connectivity index (χ0) is 16.9. The predicted octanol–water partition coefficient (Wildman–Crippen LogP) is 5.74. The molecule has 0 aromatic heterocycles. The first-order valence-corrected chi connectivity index (χ1v) is 8.69. The summed E-state index contributed by atoms with van der Waals surface area (Å²) in [4.78, 5) is 0. The predicted molar refractivity (Wildman–Crippen MR) is 102 cm³/mol. The molecule has 0 bridgehead atoms. The highest BCUT2D eigenvalue weighted by molar-refractivity contribution is 6.32. The van der Waals surface area contributed by atoms with Crippen LogP contribution >= 0.6 is 11.6 Å². The average Bonchev–Trinajstić information content (AvgIpc) is 2.61. The van der Waals surface area contributed by atoms with Gasteiger partial charge in [0.05, 0.1) is 11.6 Å². The Morgan fingerprint density at radius 3 is 2.62 bits per heavy atom. The number of ether oxygens (including phenoxy) is 1. The van der Waals surface area contributed by atoms with Crippen LogP contribution in [0, 0.1) is 0 Å². The minimum Gasteiger partial charge on any atom is -0.492 e. The van der Waals surface area contributed by atoms with Gasteiger partial charge in [0.1, 0.15) is 5.75 Å². The van der Waals surface area contributed by atoms with E-state index in [0.717, 1.165) is 17.9 Å². The Morgan fingerprint density at radius 2 is 1.83 bits per heavy atom. The van der Waals surface area contributed by atoms with Gasteiger partial charge in [0.15, 0.2) is 0 Å². The van der Waals surface area contributed by atoms with E-state index in [1.165, 1.54) is 16.3 Å². The minimum atomic E-state index is 0.251. The van der Waals surface area contributed by atoms with E-state index in [9.17, 15) is 0 Å². The number of benzene rings is 3. The SMILES string of the molecule is CCOc1ccc(CN[C@H](C)c2cccc3ccccc23)cc1Cl. The molecule has 3 aromatic rings. The Morgan fingerprint density at radius 1 is 1.04 bits per heavy atom. The summed E-state index contributed by atoms with van der Waals surface area (Å²) in [7, 11) is 0. The van der Waals surface area contributed by atoms with Gasteiger partial charge in [-0.3, -0.25) is 0 Å². The van der Waals surface area contributed by atoms with Gasteiger partial charge in [-0.2, -0.15) is 0 Å². The Kier molecular flexibility index (Phi) is 5.39. The zero-order valence-electron chi connectivity index (χ0n) is 14.1. The Labute approximate surface area is 148 Å². The van der Waals surface area contributed by atoms with E-state index in [1.807, 2.05) is 19.1 Å². The lowest BCUT2D eigenvalue weighted by atomic mass is 9.99. The molecule has 0 radical (unpaired) electrons. The van der Waals surface area contributed by atoms with Crippen molar-refractivity contribution in [3.63, 3.8) is 0 Å². The molecule has 3 rings (SSSR count). The van der Waals surface area contributed by atoms with Crippen molar-refractivity contribution in [1.82, 2.24) is 5.32 Å². The number of halogens is 1. The van der Waals surface area contributed by atoms with Gasteiger partial charge in [0.25, 0.3) is 0 Å². The lowest BCUT2D eigenvalue weighted by Gasteiger charge is -2.17. The van der Waals surface area contributed by atoms with Crippen molar-refractivity contribution in [3.8, 4) is 5.75 Å². The second-order valence-electron chi connectivity index (χ2n) is 5.87. The van der Waals surface area contributed by atoms with Crippen LogP contribution in [-0.4, -0.2) is 6.61 Å². The first-order valence-electron chi connectivity index (χ1n) is 8.31. The van der Waals surface area contributed by atoms with Gasteiger partial charge in [0, 0.05) is 12.6 Å². The van der Waals surface area contributed by atoms with E-state index in [4.69, 9.17) is 16.3 Å². The van der Waals surface area contributed by atoms with Crippen molar-refractivity contribution >= 4 is 22.4 Å². The maximum atomic E-state index is 6.27. The topological polar surface area (TPSA) is 21.3 Å². The third kappa shape index (κ3) is 3.72. The Bertz CT molecular complexity index is 826. The highest BCUT2D eigenvalue weighted by Gasteiger charge is 2.09. The minimum absolute atomic E-state index is 0.251. The van der Waals surface area contributed by atoms with Crippen LogP contribution in [0.3, 0.4) is 0 Å². The number of hydrogen-bond acceptors (Lipinski definition) is 2. The molecule has 0 aliphatic carbocycles. The molecule has 2 nitrogen and oxygen atoms in total. The fourth-order valence-electron chi connectivity index (χ4n) is 2.94. The molecule has 1 N–H and O–H groups in total. The van der Waals surface area contributed by atoms with Gasteiger partial charge in [0.2, 0.25) is 0 Å². The third-order valence-electron chi connectivity index (χ3n) is 4.20. The molecule has 124 valence electrons. The monoisotopic (exact) mass is 339 g/mol. The molecule has 0 saturated carbocycles. The third-order valence-corrected chi connectivity index (χ3v) is 4.49. The lowest BCUT2D eigenvalue weighted by molar-refractivity contribution is 0.340. The van der Waals surface area contributed by atoms with Crippen LogP contribution in [0.4, 0.5) is 0 Å². The van der Waals surface area contributed by atoms with E-state index >= 15 is 0 Å². The first-order chi connectivity index (χ1) is 11.7. The number of hydrogen-bond donors (Lipinski definition) is 1. The fourth-order valence-corrected chi connectivity index (χ4v) is 3.19. The number of rotatable bonds is 6. The fraction of sp³-hybridized carbons (Fsp3) is 0.238. The van der Waals surface area contributed by atoms with Gasteiger partial charge < -0.3 is 10.1 Å². The van der Waals surface area contributed by atoms with Gasteiger partial charge in [-0.25, -0.2) is 0 Å². The Balaban J connectivity index is 1.73. The van der Waals surface area contributed by atoms with Crippen LogP contribution in [0.1, 0.15) is 31.0 Å². The maximum Gasteiger partial charge on any atom is 0.137 e. The van der Waals surface area contributed by atoms with Crippen molar-refractivity contribution in [2.45, 2.75) is 26.4 Å². The molecule has 1 atom stereocenters. The summed E-state index contributed by atoms with van der Waals surface area (Å²) >= 11 is 6.27. The molecular weight excluding hydrogens is 318 g/mol. The lowest BCUT2D eigenvalue weighted by Crippen LogP contribution is -2.18. The highest BCUT2D eigenvalue weighted by Crippen LogP contribution is 2.27. The van der Waals surface area contributed by atoms with Crippen LogP contribution < -0.4 is 10.1 Å². The normalized spacial score (nSPS) is 12.3. The van der Waals surface area contributed by atoms with Crippen molar-refractivity contribution in [3.05, 3.63) is 76.8 Å². The summed E-state index contributed by atoms with van der Waals surface area (Å²) in [5.74, 6) is 0.741. The van der Waals surface area contributed by atoms with Crippen LogP contribution in [-0.2, 0) is 6.54 Å². The quantitative estimate of drug-likeness (QED) is 0.618. The summed E-state index contributed by atoms with van der Waals surface area (Å²) in [6, 6.07) is 21.2. The molecule has 0 aliphatic heterocycles. The van der Waals surface area contributed by atoms with Crippen LogP contribution in [0.15, 0.2) is 60.7 Å². The molecule has 0 amide bonds. The number of fused-ring (bicyclic) bond motifs is 1. The summed E-state index contributed by atoms with van der Waals surface area (Å²) in [6.07, 6.45) is 0. The van der Waals surface area contributed by atoms with E-state index in [2.05, 4.69) is 60.8 Å². The van der Waals surface area contributed by atoms with Crippen molar-refractivity contribution < 1.29 is 4.74 Å². The van der Waals surface area contributed by atoms with Crippen LogP contribution in [0.25, 0.3) is 10.8 Å². The van der Waals surface area contributed by atoms with E-state index in [0.29, 0.717) is 11.6 Å². The van der Waals surface area contributed by atoms with Crippen molar-refractivity contribution in [1.29, 1.82) is 0 Å².